The number of carboxylic acid groups (broad SMARTS) is 3. The molecule has 418 valence electrons. The zero-order valence-electron chi connectivity index (χ0n) is 44.0. The minimum absolute atomic E-state index is 0.0983. The molecule has 6 atom stereocenters. The number of carbonyl (C=O) groups is 6. The predicted octanol–water partition coefficient (Wildman–Crippen LogP) is 8.74. The van der Waals surface area contributed by atoms with Crippen LogP contribution in [0.3, 0.4) is 0 Å². The van der Waals surface area contributed by atoms with Gasteiger partial charge in [-0.2, -0.15) is 0 Å². The van der Waals surface area contributed by atoms with Crippen molar-refractivity contribution in [2.45, 2.75) is 77.1 Å². The first-order valence-electron chi connectivity index (χ1n) is 26.5. The van der Waals surface area contributed by atoms with Crippen LogP contribution < -0.4 is 31.2 Å². The average molecular weight is 1100 g/mol. The number of nitrogens with zero attached hydrogens (tertiary/aromatic N) is 1. The van der Waals surface area contributed by atoms with Gasteiger partial charge >= 0.3 is 17.9 Å². The molecule has 1 aromatic heterocycles. The van der Waals surface area contributed by atoms with Crippen LogP contribution in [-0.2, 0) is 67.9 Å². The molecule has 18 heteroatoms. The lowest BCUT2D eigenvalue weighted by atomic mass is 9.92. The Bertz CT molecular complexity index is 3320. The second-order valence-corrected chi connectivity index (χ2v) is 21.3. The van der Waals surface area contributed by atoms with Crippen LogP contribution in [0.15, 0.2) is 158 Å². The Morgan fingerprint density at radius 1 is 0.543 bits per heavy atom. The number of fused-ring (bicyclic) bond motifs is 1. The number of pyridine rings is 1. The van der Waals surface area contributed by atoms with E-state index < -0.39 is 75.4 Å². The Hall–Kier alpha value is -9.16. The molecule has 17 nitrogen and oxygen atoms in total. The van der Waals surface area contributed by atoms with Gasteiger partial charge in [0.1, 0.15) is 31.3 Å². The van der Waals surface area contributed by atoms with Crippen LogP contribution in [-0.4, -0.2) is 61.1 Å². The first-order chi connectivity index (χ1) is 38.9. The summed E-state index contributed by atoms with van der Waals surface area (Å²) in [5.74, 6) is -5.65. The van der Waals surface area contributed by atoms with Crippen molar-refractivity contribution < 1.29 is 67.9 Å². The van der Waals surface area contributed by atoms with E-state index in [9.17, 15) is 38.3 Å². The Morgan fingerprint density at radius 3 is 1.49 bits per heavy atom. The summed E-state index contributed by atoms with van der Waals surface area (Å²) in [7, 11) is 0. The molecular weight excluding hydrogens is 1040 g/mol. The largest absolute Gasteiger partial charge is 0.489 e. The number of hydroxylamine groups is 1. The minimum Gasteiger partial charge on any atom is -0.489 e. The smallest absolute Gasteiger partial charge is 0.310 e. The van der Waals surface area contributed by atoms with E-state index in [4.69, 9.17) is 46.1 Å². The van der Waals surface area contributed by atoms with Gasteiger partial charge in [-0.15, -0.1) is 0 Å². The third kappa shape index (κ3) is 13.3. The van der Waals surface area contributed by atoms with Gasteiger partial charge in [0.05, 0.1) is 39.5 Å². The summed E-state index contributed by atoms with van der Waals surface area (Å²) in [6.45, 7) is 1.13. The highest BCUT2D eigenvalue weighted by atomic mass is 19.1. The van der Waals surface area contributed by atoms with Crippen molar-refractivity contribution in [3.05, 3.63) is 203 Å². The van der Waals surface area contributed by atoms with E-state index in [1.165, 1.54) is 12.1 Å². The van der Waals surface area contributed by atoms with Gasteiger partial charge in [0.15, 0.2) is 11.6 Å². The normalized spacial score (nSPS) is 21.8. The second-order valence-electron chi connectivity index (χ2n) is 21.3. The summed E-state index contributed by atoms with van der Waals surface area (Å²) in [6, 6.07) is 48.5. The monoisotopic (exact) mass is 1100 g/mol. The van der Waals surface area contributed by atoms with Gasteiger partial charge in [-0.25, -0.2) is 9.87 Å². The molecule has 3 amide bonds. The van der Waals surface area contributed by atoms with E-state index in [2.05, 4.69) is 0 Å². The fourth-order valence-corrected chi connectivity index (χ4v) is 10.5. The lowest BCUT2D eigenvalue weighted by Gasteiger charge is -2.15. The molecule has 7 aromatic rings. The predicted molar refractivity (Wildman–Crippen MR) is 293 cm³/mol. The zero-order chi connectivity index (χ0) is 57.5. The summed E-state index contributed by atoms with van der Waals surface area (Å²) < 4.78 is 32.1. The average Bonchev–Trinajstić information content (AvgIpc) is 3.90. The summed E-state index contributed by atoms with van der Waals surface area (Å²) in [5.41, 5.74) is 16.5. The number of halogens is 1. The van der Waals surface area contributed by atoms with E-state index in [0.717, 1.165) is 63.0 Å². The number of hydrogen-bond donors (Lipinski definition) is 7. The molecular formula is C63H61FN4O13. The van der Waals surface area contributed by atoms with Gasteiger partial charge in [-0.05, 0) is 128 Å². The maximum absolute atomic E-state index is 14.8. The fraction of sp³-hybridized carbons (Fsp3) is 0.286. The van der Waals surface area contributed by atoms with Crippen LogP contribution in [0, 0.1) is 39.8 Å². The van der Waals surface area contributed by atoms with E-state index in [-0.39, 0.29) is 38.0 Å². The standard InChI is InChI=1S/C25H24FN3O4.C19H19NO4.C19H18O5/c26-19-9-14(11-25(24(27)31)12-18(25)23(30)29-32)5-8-22(19)33-13-16-10-21(15-6-7-15)28-20-4-2-1-3-17(16)20;20-18(23)19(11-16(19)17(21)22)10-13-6-8-15(9-7-13)24-12-14-4-2-1-3-5-14;20-17(21)16-11-19(16,18(22)23)10-13-6-8-15(9-7-13)24-12-14-4-2-1-3-5-14/h1-5,8-10,15,18,32H,6-7,11-13H2,(H2,27,31)(H,29,30);1-9,16H,10-12H2,(H2,20,23)(H,21,22);1-9,16H,10-12H2,(H,20,21)(H,22,23)/t18-,25+;2*16-,19+/m111/s1. The number of hydrogen-bond acceptors (Lipinski definition) is 11. The van der Waals surface area contributed by atoms with Crippen LogP contribution in [0.5, 0.6) is 17.2 Å². The van der Waals surface area contributed by atoms with Crippen LogP contribution in [0.25, 0.3) is 10.9 Å². The highest BCUT2D eigenvalue weighted by Gasteiger charge is 2.65. The highest BCUT2D eigenvalue weighted by Crippen LogP contribution is 2.57. The second kappa shape index (κ2) is 24.1. The summed E-state index contributed by atoms with van der Waals surface area (Å²) in [4.78, 5) is 73.7. The van der Waals surface area contributed by atoms with Gasteiger partial charge in [-0.3, -0.25) is 39.0 Å². The topological polar surface area (TPSA) is 288 Å². The number of aliphatic carboxylic acids is 3. The van der Waals surface area contributed by atoms with Crippen LogP contribution in [0.2, 0.25) is 0 Å². The molecule has 4 aliphatic rings. The number of rotatable bonds is 22. The van der Waals surface area contributed by atoms with Gasteiger partial charge in [0.2, 0.25) is 17.7 Å². The Morgan fingerprint density at radius 2 is 1.01 bits per heavy atom. The SMILES string of the molecule is NC(=O)[C@@]1(Cc2ccc(OCc3cc(C4CC4)nc4ccccc34)c(F)c2)C[C@@H]1C(=O)NO.NC(=O)[C@@]1(Cc2ccc(OCc3ccccc3)cc2)C[C@@H]1C(=O)O.O=C(O)[C@H]1C[C@]1(Cc1ccc(OCc2ccccc2)cc1)C(=O)O. The van der Waals surface area contributed by atoms with E-state index in [1.807, 2.05) is 115 Å². The summed E-state index contributed by atoms with van der Waals surface area (Å²) in [6.07, 6.45) is 3.65. The molecule has 4 saturated carbocycles. The number of benzene rings is 6. The van der Waals surface area contributed by atoms with E-state index in [1.54, 1.807) is 35.8 Å². The number of para-hydroxylation sites is 1. The summed E-state index contributed by atoms with van der Waals surface area (Å²) >= 11 is 0. The summed E-state index contributed by atoms with van der Waals surface area (Å²) in [5, 5.41) is 37.3. The van der Waals surface area contributed by atoms with Gasteiger partial charge in [0.25, 0.3) is 0 Å². The maximum atomic E-state index is 14.8. The molecule has 0 saturated heterocycles. The molecule has 4 aliphatic carbocycles. The number of nitrogens with two attached hydrogens (primary N) is 2. The van der Waals surface area contributed by atoms with Gasteiger partial charge in [-0.1, -0.05) is 109 Å². The molecule has 0 unspecified atom stereocenters. The Labute approximate surface area is 465 Å². The number of carboxylic acids is 3. The molecule has 0 spiro atoms. The van der Waals surface area contributed by atoms with E-state index >= 15 is 0 Å². The number of ether oxygens (including phenoxy) is 3. The number of amides is 3. The molecule has 0 bridgehead atoms. The zero-order valence-corrected chi connectivity index (χ0v) is 44.0. The van der Waals surface area contributed by atoms with Crippen molar-refractivity contribution in [2.75, 3.05) is 0 Å². The molecule has 4 fully saturated rings. The molecule has 81 heavy (non-hydrogen) atoms. The molecule has 0 aliphatic heterocycles. The van der Waals surface area contributed by atoms with Crippen molar-refractivity contribution in [3.8, 4) is 17.2 Å². The van der Waals surface area contributed by atoms with Crippen molar-refractivity contribution in [1.29, 1.82) is 0 Å². The molecule has 1 heterocycles. The van der Waals surface area contributed by atoms with Crippen molar-refractivity contribution in [3.63, 3.8) is 0 Å². The number of carbonyl (C=O) groups excluding carboxylic acids is 3. The third-order valence-corrected chi connectivity index (χ3v) is 15.8. The first kappa shape index (κ1) is 56.6. The van der Waals surface area contributed by atoms with Gasteiger partial charge in [0, 0.05) is 22.6 Å². The number of nitrogens with one attached hydrogen (secondary N) is 1. The van der Waals surface area contributed by atoms with Crippen molar-refractivity contribution in [1.82, 2.24) is 10.5 Å². The van der Waals surface area contributed by atoms with E-state index in [0.29, 0.717) is 43.3 Å². The third-order valence-electron chi connectivity index (χ3n) is 15.8. The lowest BCUT2D eigenvalue weighted by molar-refractivity contribution is -0.149. The Balaban J connectivity index is 0.000000150. The first-order valence-corrected chi connectivity index (χ1v) is 26.5. The lowest BCUT2D eigenvalue weighted by Crippen LogP contribution is -2.33. The molecule has 9 N–H and O–H groups in total. The van der Waals surface area contributed by atoms with Crippen molar-refractivity contribution >= 4 is 46.5 Å². The van der Waals surface area contributed by atoms with Gasteiger partial charge < -0.3 is 41.0 Å². The molecule has 11 rings (SSSR count). The number of primary amides is 2. The highest BCUT2D eigenvalue weighted by molar-refractivity contribution is 5.95. The quantitative estimate of drug-likeness (QED) is 0.0247. The van der Waals surface area contributed by atoms with Crippen LogP contribution in [0.1, 0.15) is 77.1 Å². The molecule has 0 radical (unpaired) electrons. The maximum Gasteiger partial charge on any atom is 0.310 e. The van der Waals surface area contributed by atoms with Crippen LogP contribution in [0.4, 0.5) is 4.39 Å². The molecule has 6 aromatic carbocycles. The van der Waals surface area contributed by atoms with Crippen molar-refractivity contribution in [2.24, 2.45) is 45.5 Å². The minimum atomic E-state index is -1.17. The fourth-order valence-electron chi connectivity index (χ4n) is 10.5. The Kier molecular flexibility index (Phi) is 16.8. The van der Waals surface area contributed by atoms with Crippen LogP contribution >= 0.6 is 0 Å². The number of aromatic nitrogens is 1.